The van der Waals surface area contributed by atoms with Crippen molar-refractivity contribution in [1.29, 1.82) is 0 Å². The van der Waals surface area contributed by atoms with Gasteiger partial charge in [-0.3, -0.25) is 0 Å². The minimum atomic E-state index is -0.240. The molecule has 1 atom stereocenters. The van der Waals surface area contributed by atoms with Crippen molar-refractivity contribution in [1.82, 2.24) is 4.98 Å². The van der Waals surface area contributed by atoms with Gasteiger partial charge in [0, 0.05) is 10.9 Å². The second-order valence-corrected chi connectivity index (χ2v) is 4.74. The molecule has 0 amide bonds. The number of alkyl halides is 1. The summed E-state index contributed by atoms with van der Waals surface area (Å²) in [7, 11) is 0. The van der Waals surface area contributed by atoms with Crippen molar-refractivity contribution in [2.24, 2.45) is 0 Å². The first-order chi connectivity index (χ1) is 7.31. The monoisotopic (exact) mass is 281 g/mol. The summed E-state index contributed by atoms with van der Waals surface area (Å²) in [5.74, 6) is 0. The van der Waals surface area contributed by atoms with Crippen LogP contribution in [0.3, 0.4) is 0 Å². The number of aldehydes is 1. The molecule has 0 saturated heterocycles. The fourth-order valence-corrected chi connectivity index (χ4v) is 2.15. The number of halogens is 1. The Morgan fingerprint density at radius 1 is 1.47 bits per heavy atom. The quantitative estimate of drug-likeness (QED) is 0.637. The van der Waals surface area contributed by atoms with E-state index in [1.54, 1.807) is 16.8 Å². The van der Waals surface area contributed by atoms with Gasteiger partial charge in [0.15, 0.2) is 0 Å². The van der Waals surface area contributed by atoms with Gasteiger partial charge in [-0.2, -0.15) is 0 Å². The fraction of sp³-hybridized carbons (Fsp3) is 0.0909. The van der Waals surface area contributed by atoms with Crippen LogP contribution in [0, 0.1) is 0 Å². The molecule has 0 aliphatic heterocycles. The Morgan fingerprint density at radius 2 is 2.33 bits per heavy atom. The summed E-state index contributed by atoms with van der Waals surface area (Å²) in [6.07, 6.45) is 0.875. The zero-order chi connectivity index (χ0) is 10.7. The molecule has 15 heavy (non-hydrogen) atoms. The lowest BCUT2D eigenvalue weighted by Gasteiger charge is -2.04. The Morgan fingerprint density at radius 3 is 3.00 bits per heavy atom. The van der Waals surface area contributed by atoms with E-state index in [2.05, 4.69) is 20.9 Å². The third-order valence-corrected chi connectivity index (χ3v) is 3.38. The summed E-state index contributed by atoms with van der Waals surface area (Å²) in [5.41, 5.74) is 4.75. The zero-order valence-corrected chi connectivity index (χ0v) is 10.2. The van der Waals surface area contributed by atoms with Gasteiger partial charge >= 0.3 is 0 Å². The smallest absolute Gasteiger partial charge is 0.138 e. The van der Waals surface area contributed by atoms with Crippen LogP contribution in [0.25, 0.3) is 11.3 Å². The Balaban J connectivity index is 2.39. The van der Waals surface area contributed by atoms with Crippen LogP contribution in [-0.2, 0) is 4.79 Å². The number of carbonyl (C=O) groups is 1. The van der Waals surface area contributed by atoms with E-state index < -0.39 is 0 Å². The minimum absolute atomic E-state index is 0.240. The van der Waals surface area contributed by atoms with Gasteiger partial charge in [-0.25, -0.2) is 4.98 Å². The predicted molar refractivity (Wildman–Crippen MR) is 65.3 cm³/mol. The van der Waals surface area contributed by atoms with E-state index >= 15 is 0 Å². The normalized spacial score (nSPS) is 12.3. The number of rotatable bonds is 3. The summed E-state index contributed by atoms with van der Waals surface area (Å²) in [6.45, 7) is 0. The number of nitrogens with zero attached hydrogens (tertiary/aromatic N) is 1. The van der Waals surface area contributed by atoms with Crippen LogP contribution < -0.4 is 0 Å². The van der Waals surface area contributed by atoms with Gasteiger partial charge in [0.25, 0.3) is 0 Å². The number of thiazole rings is 1. The van der Waals surface area contributed by atoms with Gasteiger partial charge < -0.3 is 4.79 Å². The number of hydrogen-bond donors (Lipinski definition) is 0. The highest BCUT2D eigenvalue weighted by Gasteiger charge is 2.07. The zero-order valence-electron chi connectivity index (χ0n) is 7.76. The molecule has 2 aromatic rings. The van der Waals surface area contributed by atoms with Crippen molar-refractivity contribution in [3.05, 3.63) is 40.7 Å². The standard InChI is InChI=1S/C11H8BrNOS/c12-10(5-14)8-2-1-3-9(4-8)11-6-15-7-13-11/h1-7,10H. The van der Waals surface area contributed by atoms with Crippen LogP contribution in [0.15, 0.2) is 35.2 Å². The predicted octanol–water partition coefficient (Wildman–Crippen LogP) is 3.45. The van der Waals surface area contributed by atoms with Gasteiger partial charge in [-0.15, -0.1) is 11.3 Å². The highest BCUT2D eigenvalue weighted by Crippen LogP contribution is 2.25. The lowest BCUT2D eigenvalue weighted by molar-refractivity contribution is -0.107. The molecule has 1 aromatic heterocycles. The molecule has 0 radical (unpaired) electrons. The molecule has 1 heterocycles. The Hall–Kier alpha value is -1.00. The maximum Gasteiger partial charge on any atom is 0.138 e. The van der Waals surface area contributed by atoms with Crippen molar-refractivity contribution < 1.29 is 4.79 Å². The van der Waals surface area contributed by atoms with Gasteiger partial charge in [-0.1, -0.05) is 34.1 Å². The highest BCUT2D eigenvalue weighted by atomic mass is 79.9. The molecule has 76 valence electrons. The van der Waals surface area contributed by atoms with Gasteiger partial charge in [0.2, 0.25) is 0 Å². The minimum Gasteiger partial charge on any atom is -0.302 e. The van der Waals surface area contributed by atoms with Crippen molar-refractivity contribution in [3.8, 4) is 11.3 Å². The molecule has 0 N–H and O–H groups in total. The second-order valence-electron chi connectivity index (χ2n) is 3.04. The molecule has 2 rings (SSSR count). The molecule has 2 nitrogen and oxygen atoms in total. The second kappa shape index (κ2) is 4.68. The molecule has 1 unspecified atom stereocenters. The fourth-order valence-electron chi connectivity index (χ4n) is 1.30. The van der Waals surface area contributed by atoms with Gasteiger partial charge in [0.1, 0.15) is 6.29 Å². The summed E-state index contributed by atoms with van der Waals surface area (Å²) in [5, 5.41) is 1.99. The van der Waals surface area contributed by atoms with Crippen molar-refractivity contribution in [2.45, 2.75) is 4.83 Å². The SMILES string of the molecule is O=CC(Br)c1cccc(-c2cscn2)c1. The Labute approximate surface area is 100 Å². The molecule has 0 fully saturated rings. The molecular weight excluding hydrogens is 274 g/mol. The summed E-state index contributed by atoms with van der Waals surface area (Å²) >= 11 is 4.86. The summed E-state index contributed by atoms with van der Waals surface area (Å²) in [6, 6.07) is 7.82. The molecule has 0 saturated carbocycles. The molecule has 0 spiro atoms. The van der Waals surface area contributed by atoms with Crippen LogP contribution in [0.1, 0.15) is 10.4 Å². The average molecular weight is 282 g/mol. The third-order valence-electron chi connectivity index (χ3n) is 2.05. The maximum atomic E-state index is 10.6. The van der Waals surface area contributed by atoms with E-state index in [-0.39, 0.29) is 4.83 Å². The Kier molecular flexibility index (Phi) is 3.28. The topological polar surface area (TPSA) is 30.0 Å². The first-order valence-corrected chi connectivity index (χ1v) is 6.25. The lowest BCUT2D eigenvalue weighted by Crippen LogP contribution is -1.90. The first kappa shape index (κ1) is 10.5. The number of hydrogen-bond acceptors (Lipinski definition) is 3. The van der Waals surface area contributed by atoms with Crippen LogP contribution in [-0.4, -0.2) is 11.3 Å². The van der Waals surface area contributed by atoms with E-state index in [1.165, 1.54) is 0 Å². The van der Waals surface area contributed by atoms with Crippen LogP contribution in [0.4, 0.5) is 0 Å². The van der Waals surface area contributed by atoms with E-state index in [1.807, 2.05) is 29.6 Å². The van der Waals surface area contributed by atoms with Crippen molar-refractivity contribution in [2.75, 3.05) is 0 Å². The maximum absolute atomic E-state index is 10.6. The van der Waals surface area contributed by atoms with Crippen LogP contribution in [0.2, 0.25) is 0 Å². The molecular formula is C11H8BrNOS. The lowest BCUT2D eigenvalue weighted by atomic mass is 10.1. The van der Waals surface area contributed by atoms with E-state index in [4.69, 9.17) is 0 Å². The first-order valence-electron chi connectivity index (χ1n) is 4.39. The van der Waals surface area contributed by atoms with Crippen LogP contribution >= 0.6 is 27.3 Å². The number of benzene rings is 1. The van der Waals surface area contributed by atoms with E-state index in [0.717, 1.165) is 23.1 Å². The van der Waals surface area contributed by atoms with Gasteiger partial charge in [0.05, 0.1) is 16.0 Å². The molecule has 0 aliphatic rings. The largest absolute Gasteiger partial charge is 0.302 e. The molecule has 0 bridgehead atoms. The van der Waals surface area contributed by atoms with E-state index in [0.29, 0.717) is 0 Å². The molecule has 4 heteroatoms. The van der Waals surface area contributed by atoms with Gasteiger partial charge in [-0.05, 0) is 11.6 Å². The average Bonchev–Trinajstić information content (AvgIpc) is 2.82. The highest BCUT2D eigenvalue weighted by molar-refractivity contribution is 9.09. The summed E-state index contributed by atoms with van der Waals surface area (Å²) in [4.78, 5) is 14.6. The third kappa shape index (κ3) is 2.33. The number of carbonyl (C=O) groups excluding carboxylic acids is 1. The summed E-state index contributed by atoms with van der Waals surface area (Å²) < 4.78 is 0. The van der Waals surface area contributed by atoms with Crippen molar-refractivity contribution in [3.63, 3.8) is 0 Å². The molecule has 0 aliphatic carbocycles. The van der Waals surface area contributed by atoms with Crippen molar-refractivity contribution >= 4 is 33.6 Å². The van der Waals surface area contributed by atoms with E-state index in [9.17, 15) is 4.79 Å². The Bertz CT molecular complexity index is 455. The van der Waals surface area contributed by atoms with Crippen LogP contribution in [0.5, 0.6) is 0 Å². The molecule has 1 aromatic carbocycles. The number of aromatic nitrogens is 1.